The van der Waals surface area contributed by atoms with Gasteiger partial charge in [-0.2, -0.15) is 0 Å². The van der Waals surface area contributed by atoms with E-state index in [0.717, 1.165) is 19.4 Å². The molecule has 2 rings (SSSR count). The van der Waals surface area contributed by atoms with Crippen LogP contribution in [0.2, 0.25) is 0 Å². The summed E-state index contributed by atoms with van der Waals surface area (Å²) < 4.78 is 5.34. The van der Waals surface area contributed by atoms with Crippen molar-refractivity contribution >= 4 is 17.9 Å². The monoisotopic (exact) mass is 299 g/mol. The summed E-state index contributed by atoms with van der Waals surface area (Å²) in [6.07, 6.45) is 1.60. The minimum absolute atomic E-state index is 0.277. The molecule has 0 radical (unpaired) electrons. The first kappa shape index (κ1) is 15.6. The Bertz CT molecular complexity index is 409. The van der Waals surface area contributed by atoms with Crippen molar-refractivity contribution in [1.82, 2.24) is 15.5 Å². The van der Waals surface area contributed by atoms with Crippen molar-refractivity contribution in [3.8, 4) is 0 Å². The predicted molar refractivity (Wildman–Crippen MR) is 72.7 cm³/mol. The van der Waals surface area contributed by atoms with Crippen LogP contribution in [-0.2, 0) is 14.3 Å². The Hall–Kier alpha value is -1.83. The quantitative estimate of drug-likeness (QED) is 0.642. The fraction of sp³-hybridized carbons (Fsp3) is 0.769. The number of carbonyl (C=O) groups excluding carboxylic acids is 2. The van der Waals surface area contributed by atoms with Gasteiger partial charge in [-0.3, -0.25) is 9.59 Å². The highest BCUT2D eigenvalue weighted by Crippen LogP contribution is 2.13. The molecule has 2 fully saturated rings. The van der Waals surface area contributed by atoms with Crippen molar-refractivity contribution in [2.75, 3.05) is 32.8 Å². The van der Waals surface area contributed by atoms with E-state index in [-0.39, 0.29) is 18.4 Å². The fourth-order valence-electron chi connectivity index (χ4n) is 2.63. The van der Waals surface area contributed by atoms with Crippen LogP contribution in [0.5, 0.6) is 0 Å². The number of carboxylic acid groups (broad SMARTS) is 1. The molecule has 0 aromatic rings. The van der Waals surface area contributed by atoms with Gasteiger partial charge in [-0.1, -0.05) is 0 Å². The van der Waals surface area contributed by atoms with Crippen molar-refractivity contribution in [2.45, 2.75) is 25.3 Å². The van der Waals surface area contributed by atoms with Crippen molar-refractivity contribution in [1.29, 1.82) is 0 Å². The Morgan fingerprint density at radius 1 is 1.48 bits per heavy atom. The van der Waals surface area contributed by atoms with Gasteiger partial charge in [0.25, 0.3) is 0 Å². The topological polar surface area (TPSA) is 108 Å². The molecule has 2 saturated heterocycles. The first-order valence-electron chi connectivity index (χ1n) is 7.19. The first-order chi connectivity index (χ1) is 10.1. The summed E-state index contributed by atoms with van der Waals surface area (Å²) in [7, 11) is 0. The van der Waals surface area contributed by atoms with Gasteiger partial charge in [0.1, 0.15) is 6.04 Å². The van der Waals surface area contributed by atoms with E-state index in [1.54, 1.807) is 0 Å². The second kappa shape index (κ2) is 7.26. The number of carbonyl (C=O) groups is 3. The number of piperazine rings is 1. The summed E-state index contributed by atoms with van der Waals surface area (Å²) in [6.45, 7) is 2.53. The molecule has 2 unspecified atom stereocenters. The number of nitrogens with zero attached hydrogens (tertiary/aromatic N) is 1. The zero-order valence-electron chi connectivity index (χ0n) is 11.8. The molecule has 0 spiro atoms. The molecule has 8 nitrogen and oxygen atoms in total. The van der Waals surface area contributed by atoms with Gasteiger partial charge in [0, 0.05) is 26.2 Å². The summed E-state index contributed by atoms with van der Waals surface area (Å²) in [5, 5.41) is 14.2. The van der Waals surface area contributed by atoms with Crippen LogP contribution in [0.3, 0.4) is 0 Å². The predicted octanol–water partition coefficient (Wildman–Crippen LogP) is -0.602. The average Bonchev–Trinajstić information content (AvgIpc) is 2.47. The molecule has 3 amide bonds. The van der Waals surface area contributed by atoms with E-state index in [2.05, 4.69) is 10.6 Å². The third kappa shape index (κ3) is 4.32. The normalized spacial score (nSPS) is 26.1. The van der Waals surface area contributed by atoms with Crippen LogP contribution in [0.4, 0.5) is 4.79 Å². The number of hydrogen-bond acceptors (Lipinski definition) is 4. The fourth-order valence-corrected chi connectivity index (χ4v) is 2.63. The molecule has 2 aliphatic heterocycles. The zero-order chi connectivity index (χ0) is 15.2. The van der Waals surface area contributed by atoms with Gasteiger partial charge in [-0.25, -0.2) is 4.79 Å². The molecule has 2 atom stereocenters. The smallest absolute Gasteiger partial charge is 0.318 e. The van der Waals surface area contributed by atoms with E-state index in [4.69, 9.17) is 9.84 Å². The second-order valence-electron chi connectivity index (χ2n) is 5.37. The number of amides is 3. The van der Waals surface area contributed by atoms with Crippen molar-refractivity contribution in [2.24, 2.45) is 5.92 Å². The molecule has 21 heavy (non-hydrogen) atoms. The van der Waals surface area contributed by atoms with Gasteiger partial charge in [0.15, 0.2) is 0 Å². The Kier molecular flexibility index (Phi) is 5.38. The van der Waals surface area contributed by atoms with Gasteiger partial charge in [0.05, 0.1) is 13.0 Å². The third-order valence-electron chi connectivity index (χ3n) is 3.76. The Morgan fingerprint density at radius 3 is 2.95 bits per heavy atom. The third-order valence-corrected chi connectivity index (χ3v) is 3.76. The minimum atomic E-state index is -1.10. The van der Waals surface area contributed by atoms with Crippen LogP contribution in [0.15, 0.2) is 0 Å². The number of carboxylic acids is 1. The number of rotatable bonds is 4. The molecule has 0 aromatic heterocycles. The molecule has 3 N–H and O–H groups in total. The van der Waals surface area contributed by atoms with E-state index in [0.29, 0.717) is 26.2 Å². The molecule has 2 heterocycles. The number of ether oxygens (including phenoxy) is 1. The van der Waals surface area contributed by atoms with Crippen LogP contribution in [0.25, 0.3) is 0 Å². The standard InChI is InChI=1S/C13H21N3O5/c17-11(18)6-10-12(19)14-3-4-16(10)13(20)15-7-9-2-1-5-21-8-9/h9-10H,1-8H2,(H,14,19)(H,15,20)(H,17,18). The highest BCUT2D eigenvalue weighted by Gasteiger charge is 2.34. The highest BCUT2D eigenvalue weighted by molar-refractivity contribution is 5.91. The van der Waals surface area contributed by atoms with Gasteiger partial charge >= 0.3 is 12.0 Å². The Labute approximate surface area is 122 Å². The van der Waals surface area contributed by atoms with Crippen molar-refractivity contribution < 1.29 is 24.2 Å². The van der Waals surface area contributed by atoms with Crippen molar-refractivity contribution in [3.63, 3.8) is 0 Å². The van der Waals surface area contributed by atoms with Crippen LogP contribution in [0, 0.1) is 5.92 Å². The van der Waals surface area contributed by atoms with Gasteiger partial charge in [0.2, 0.25) is 5.91 Å². The number of urea groups is 1. The lowest BCUT2D eigenvalue weighted by Gasteiger charge is -2.34. The minimum Gasteiger partial charge on any atom is -0.481 e. The molecule has 2 aliphatic rings. The van der Waals surface area contributed by atoms with Gasteiger partial charge < -0.3 is 25.4 Å². The van der Waals surface area contributed by atoms with E-state index in [1.807, 2.05) is 0 Å². The number of nitrogens with one attached hydrogen (secondary N) is 2. The maximum absolute atomic E-state index is 12.2. The summed E-state index contributed by atoms with van der Waals surface area (Å²) in [5.74, 6) is -1.24. The highest BCUT2D eigenvalue weighted by atomic mass is 16.5. The summed E-state index contributed by atoms with van der Waals surface area (Å²) in [6, 6.07) is -1.33. The van der Waals surface area contributed by atoms with E-state index in [1.165, 1.54) is 4.90 Å². The summed E-state index contributed by atoms with van der Waals surface area (Å²) in [5.41, 5.74) is 0. The number of aliphatic carboxylic acids is 1. The molecule has 0 saturated carbocycles. The zero-order valence-corrected chi connectivity index (χ0v) is 11.8. The van der Waals surface area contributed by atoms with Gasteiger partial charge in [-0.15, -0.1) is 0 Å². The molecule has 118 valence electrons. The second-order valence-corrected chi connectivity index (χ2v) is 5.37. The number of hydrogen-bond donors (Lipinski definition) is 3. The maximum atomic E-state index is 12.2. The van der Waals surface area contributed by atoms with Gasteiger partial charge in [-0.05, 0) is 18.8 Å². The summed E-state index contributed by atoms with van der Waals surface area (Å²) >= 11 is 0. The van der Waals surface area contributed by atoms with E-state index < -0.39 is 17.9 Å². The average molecular weight is 299 g/mol. The molecule has 0 aromatic carbocycles. The summed E-state index contributed by atoms with van der Waals surface area (Å²) in [4.78, 5) is 36.0. The van der Waals surface area contributed by atoms with Crippen molar-refractivity contribution in [3.05, 3.63) is 0 Å². The molecular formula is C13H21N3O5. The lowest BCUT2D eigenvalue weighted by Crippen LogP contribution is -2.60. The van der Waals surface area contributed by atoms with Crippen LogP contribution >= 0.6 is 0 Å². The molecule has 8 heteroatoms. The largest absolute Gasteiger partial charge is 0.481 e. The molecular weight excluding hydrogens is 278 g/mol. The molecule has 0 bridgehead atoms. The lowest BCUT2D eigenvalue weighted by molar-refractivity contribution is -0.142. The Balaban J connectivity index is 1.88. The SMILES string of the molecule is O=C(O)CC1C(=O)NCCN1C(=O)NCC1CCCOC1. The van der Waals surface area contributed by atoms with Crippen LogP contribution < -0.4 is 10.6 Å². The van der Waals surface area contributed by atoms with Crippen LogP contribution in [0.1, 0.15) is 19.3 Å². The molecule has 0 aliphatic carbocycles. The maximum Gasteiger partial charge on any atom is 0.318 e. The van der Waals surface area contributed by atoms with E-state index >= 15 is 0 Å². The lowest BCUT2D eigenvalue weighted by atomic mass is 10.0. The Morgan fingerprint density at radius 2 is 2.29 bits per heavy atom. The van der Waals surface area contributed by atoms with Crippen LogP contribution in [-0.4, -0.2) is 66.8 Å². The first-order valence-corrected chi connectivity index (χ1v) is 7.19. The van der Waals surface area contributed by atoms with E-state index in [9.17, 15) is 14.4 Å².